The van der Waals surface area contributed by atoms with Crippen LogP contribution in [0.4, 0.5) is 13.2 Å². The summed E-state index contributed by atoms with van der Waals surface area (Å²) in [7, 11) is 0. The molecular weight excluding hydrogens is 319 g/mol. The molecule has 4 atom stereocenters. The number of carbonyl (C=O) groups excluding carboxylic acids is 1. The average molecular weight is 341 g/mol. The lowest BCUT2D eigenvalue weighted by Crippen LogP contribution is -2.38. The molecule has 2 fully saturated rings. The Balaban J connectivity index is 1.63. The van der Waals surface area contributed by atoms with Crippen molar-refractivity contribution >= 4 is 5.91 Å². The molecule has 1 aromatic rings. The van der Waals surface area contributed by atoms with Gasteiger partial charge in [0.25, 0.3) is 0 Å². The van der Waals surface area contributed by atoms with Crippen molar-refractivity contribution in [2.24, 2.45) is 5.92 Å². The largest absolute Gasteiger partial charge is 0.416 e. The molecule has 1 saturated carbocycles. The normalized spacial score (nSPS) is 28.0. The van der Waals surface area contributed by atoms with Crippen molar-refractivity contribution in [2.75, 3.05) is 6.54 Å². The number of nitrogens with zero attached hydrogens (tertiary/aromatic N) is 1. The zero-order chi connectivity index (χ0) is 17.5. The Morgan fingerprint density at radius 1 is 1.33 bits per heavy atom. The first-order valence-corrected chi connectivity index (χ1v) is 8.43. The number of rotatable bonds is 4. The lowest BCUT2D eigenvalue weighted by Gasteiger charge is -2.26. The number of alkyl halides is 3. The van der Waals surface area contributed by atoms with Crippen LogP contribution in [-0.4, -0.2) is 34.6 Å². The van der Waals surface area contributed by atoms with Gasteiger partial charge in [-0.05, 0) is 56.2 Å². The molecule has 3 nitrogen and oxygen atoms in total. The number of hydrogen-bond acceptors (Lipinski definition) is 2. The second-order valence-corrected chi connectivity index (χ2v) is 6.98. The molecule has 24 heavy (non-hydrogen) atoms. The Bertz CT molecular complexity index is 597. The summed E-state index contributed by atoms with van der Waals surface area (Å²) in [6, 6.07) is 5.23. The van der Waals surface area contributed by atoms with E-state index in [2.05, 4.69) is 0 Å². The quantitative estimate of drug-likeness (QED) is 0.909. The average Bonchev–Trinajstić information content (AvgIpc) is 3.18. The number of hydrogen-bond donors (Lipinski definition) is 1. The van der Waals surface area contributed by atoms with Gasteiger partial charge in [0.1, 0.15) is 0 Å². The molecule has 3 rings (SSSR count). The smallest absolute Gasteiger partial charge is 0.393 e. The van der Waals surface area contributed by atoms with Gasteiger partial charge in [-0.1, -0.05) is 12.1 Å². The van der Waals surface area contributed by atoms with E-state index in [0.717, 1.165) is 30.5 Å². The lowest BCUT2D eigenvalue weighted by atomic mass is 10.0. The van der Waals surface area contributed by atoms with Crippen molar-refractivity contribution in [3.05, 3.63) is 35.4 Å². The first-order valence-electron chi connectivity index (χ1n) is 8.43. The second kappa shape index (κ2) is 6.39. The SMILES string of the molecule is CC(O)CC1CCCN1C(=O)C1CC1c1ccc(C(F)(F)F)cc1. The number of amides is 1. The van der Waals surface area contributed by atoms with Gasteiger partial charge in [0.2, 0.25) is 5.91 Å². The van der Waals surface area contributed by atoms with Gasteiger partial charge in [-0.15, -0.1) is 0 Å². The van der Waals surface area contributed by atoms with Crippen LogP contribution >= 0.6 is 0 Å². The van der Waals surface area contributed by atoms with Gasteiger partial charge in [-0.2, -0.15) is 13.2 Å². The first-order chi connectivity index (χ1) is 11.3. The Morgan fingerprint density at radius 2 is 2.00 bits per heavy atom. The van der Waals surface area contributed by atoms with Crippen molar-refractivity contribution in [3.63, 3.8) is 0 Å². The molecule has 4 unspecified atom stereocenters. The van der Waals surface area contributed by atoms with E-state index in [-0.39, 0.29) is 23.8 Å². The van der Waals surface area contributed by atoms with Gasteiger partial charge in [-0.3, -0.25) is 4.79 Å². The Morgan fingerprint density at radius 3 is 2.58 bits per heavy atom. The number of benzene rings is 1. The van der Waals surface area contributed by atoms with Crippen LogP contribution in [0.1, 0.15) is 49.7 Å². The lowest BCUT2D eigenvalue weighted by molar-refractivity contribution is -0.137. The van der Waals surface area contributed by atoms with Crippen molar-refractivity contribution < 1.29 is 23.1 Å². The number of aliphatic hydroxyl groups is 1. The maximum absolute atomic E-state index is 12.7. The number of aliphatic hydroxyl groups excluding tert-OH is 1. The molecule has 1 aliphatic carbocycles. The van der Waals surface area contributed by atoms with Crippen LogP contribution < -0.4 is 0 Å². The highest BCUT2D eigenvalue weighted by molar-refractivity contribution is 5.83. The van der Waals surface area contributed by atoms with E-state index in [4.69, 9.17) is 0 Å². The molecule has 6 heteroatoms. The number of halogens is 3. The van der Waals surface area contributed by atoms with Gasteiger partial charge < -0.3 is 10.0 Å². The van der Waals surface area contributed by atoms with Crippen LogP contribution in [0.15, 0.2) is 24.3 Å². The summed E-state index contributed by atoms with van der Waals surface area (Å²) in [5.41, 5.74) is 0.138. The van der Waals surface area contributed by atoms with Crippen LogP contribution in [0.25, 0.3) is 0 Å². The van der Waals surface area contributed by atoms with Crippen LogP contribution in [0.3, 0.4) is 0 Å². The summed E-state index contributed by atoms with van der Waals surface area (Å²) < 4.78 is 37.8. The molecule has 0 bridgehead atoms. The van der Waals surface area contributed by atoms with Crippen molar-refractivity contribution in [2.45, 2.75) is 56.8 Å². The minimum Gasteiger partial charge on any atom is -0.393 e. The summed E-state index contributed by atoms with van der Waals surface area (Å²) in [4.78, 5) is 14.5. The fourth-order valence-electron chi connectivity index (χ4n) is 3.73. The molecule has 1 amide bonds. The van der Waals surface area contributed by atoms with Gasteiger partial charge in [-0.25, -0.2) is 0 Å². The van der Waals surface area contributed by atoms with Crippen molar-refractivity contribution in [1.82, 2.24) is 4.90 Å². The van der Waals surface area contributed by atoms with Gasteiger partial charge in [0, 0.05) is 18.5 Å². The predicted molar refractivity (Wildman–Crippen MR) is 83.3 cm³/mol. The Labute approximate surface area is 139 Å². The molecule has 1 aromatic carbocycles. The minimum absolute atomic E-state index is 0.0209. The summed E-state index contributed by atoms with van der Waals surface area (Å²) in [6.45, 7) is 2.44. The molecule has 1 aliphatic heterocycles. The van der Waals surface area contributed by atoms with Crippen molar-refractivity contribution in [1.29, 1.82) is 0 Å². The monoisotopic (exact) mass is 341 g/mol. The summed E-state index contributed by atoms with van der Waals surface area (Å²) in [5.74, 6) is -0.0213. The zero-order valence-corrected chi connectivity index (χ0v) is 13.6. The standard InChI is InChI=1S/C18H22F3NO2/c1-11(23)9-14-3-2-8-22(14)17(24)16-10-15(16)12-4-6-13(7-5-12)18(19,20)21/h4-7,11,14-16,23H,2-3,8-10H2,1H3. The third-order valence-corrected chi connectivity index (χ3v) is 5.05. The number of likely N-dealkylation sites (tertiary alicyclic amines) is 1. The fraction of sp³-hybridized carbons (Fsp3) is 0.611. The highest BCUT2D eigenvalue weighted by atomic mass is 19.4. The van der Waals surface area contributed by atoms with E-state index in [1.165, 1.54) is 12.1 Å². The van der Waals surface area contributed by atoms with E-state index < -0.39 is 17.8 Å². The molecule has 0 spiro atoms. The molecule has 0 aromatic heterocycles. The maximum atomic E-state index is 12.7. The Kier molecular flexibility index (Phi) is 4.60. The minimum atomic E-state index is -4.33. The van der Waals surface area contributed by atoms with Gasteiger partial charge >= 0.3 is 6.18 Å². The third kappa shape index (κ3) is 3.58. The van der Waals surface area contributed by atoms with Crippen LogP contribution in [0.2, 0.25) is 0 Å². The van der Waals surface area contributed by atoms with E-state index in [9.17, 15) is 23.1 Å². The molecule has 1 heterocycles. The van der Waals surface area contributed by atoms with Gasteiger partial charge in [0.05, 0.1) is 11.7 Å². The summed E-state index contributed by atoms with van der Waals surface area (Å²) >= 11 is 0. The molecule has 1 saturated heterocycles. The third-order valence-electron chi connectivity index (χ3n) is 5.05. The summed E-state index contributed by atoms with van der Waals surface area (Å²) in [5, 5.41) is 9.56. The fourth-order valence-corrected chi connectivity index (χ4v) is 3.73. The Hall–Kier alpha value is -1.56. The van der Waals surface area contributed by atoms with Crippen LogP contribution in [0.5, 0.6) is 0 Å². The van der Waals surface area contributed by atoms with Crippen LogP contribution in [0, 0.1) is 5.92 Å². The summed E-state index contributed by atoms with van der Waals surface area (Å²) in [6.07, 6.45) is -1.63. The second-order valence-electron chi connectivity index (χ2n) is 6.98. The van der Waals surface area contributed by atoms with Crippen LogP contribution in [-0.2, 0) is 11.0 Å². The molecule has 132 valence electrons. The number of carbonyl (C=O) groups is 1. The maximum Gasteiger partial charge on any atom is 0.416 e. The van der Waals surface area contributed by atoms with Gasteiger partial charge in [0.15, 0.2) is 0 Å². The van der Waals surface area contributed by atoms with Crippen molar-refractivity contribution in [3.8, 4) is 0 Å². The van der Waals surface area contributed by atoms with E-state index >= 15 is 0 Å². The molecule has 2 aliphatic rings. The first kappa shape index (κ1) is 17.3. The molecule has 1 N–H and O–H groups in total. The topological polar surface area (TPSA) is 40.5 Å². The predicted octanol–water partition coefficient (Wildman–Crippen LogP) is 3.57. The zero-order valence-electron chi connectivity index (χ0n) is 13.6. The van der Waals surface area contributed by atoms with E-state index in [0.29, 0.717) is 19.4 Å². The highest BCUT2D eigenvalue weighted by Crippen LogP contribution is 2.49. The highest BCUT2D eigenvalue weighted by Gasteiger charge is 2.47. The molecule has 0 radical (unpaired) electrons. The molecular formula is C18H22F3NO2. The van der Waals surface area contributed by atoms with E-state index in [1.807, 2.05) is 4.90 Å². The van der Waals surface area contributed by atoms with E-state index in [1.54, 1.807) is 6.92 Å².